The van der Waals surface area contributed by atoms with E-state index in [4.69, 9.17) is 0 Å². The molecule has 0 aromatic heterocycles. The van der Waals surface area contributed by atoms with Gasteiger partial charge in [0.25, 0.3) is 0 Å². The molecule has 2 heteroatoms. The fraction of sp³-hybridized carbons (Fsp3) is 0.385. The van der Waals surface area contributed by atoms with E-state index in [1.54, 1.807) is 6.07 Å². The Morgan fingerprint density at radius 1 is 1.33 bits per heavy atom. The third-order valence-electron chi connectivity index (χ3n) is 2.86. The van der Waals surface area contributed by atoms with Gasteiger partial charge in [-0.3, -0.25) is 0 Å². The Bertz CT molecular complexity index is 407. The molecule has 80 valence electrons. The van der Waals surface area contributed by atoms with E-state index >= 15 is 0 Å². The fourth-order valence-corrected chi connectivity index (χ4v) is 2.46. The van der Waals surface area contributed by atoms with Crippen LogP contribution in [0, 0.1) is 5.82 Å². The predicted molar refractivity (Wildman–Crippen MR) is 65.3 cm³/mol. The number of hydrogen-bond acceptors (Lipinski definition) is 0. The molecule has 0 fully saturated rings. The number of allylic oxidation sites excluding steroid dienone is 1. The van der Waals surface area contributed by atoms with Crippen molar-refractivity contribution < 1.29 is 4.39 Å². The normalized spacial score (nSPS) is 14.7. The zero-order valence-corrected chi connectivity index (χ0v) is 10.4. The van der Waals surface area contributed by atoms with Gasteiger partial charge < -0.3 is 0 Å². The topological polar surface area (TPSA) is 0 Å². The summed E-state index contributed by atoms with van der Waals surface area (Å²) >= 11 is 3.22. The quantitative estimate of drug-likeness (QED) is 0.728. The summed E-state index contributed by atoms with van der Waals surface area (Å²) in [5.41, 5.74) is 3.38. The van der Waals surface area contributed by atoms with E-state index in [1.807, 2.05) is 6.07 Å². The first-order valence-corrected chi connectivity index (χ1v) is 6.18. The Hall–Kier alpha value is -0.630. The average Bonchev–Trinajstić information content (AvgIpc) is 2.24. The van der Waals surface area contributed by atoms with E-state index in [9.17, 15) is 4.39 Å². The summed E-state index contributed by atoms with van der Waals surface area (Å²) in [4.78, 5) is 0. The minimum Gasteiger partial charge on any atom is -0.205 e. The molecule has 15 heavy (non-hydrogen) atoms. The van der Waals surface area contributed by atoms with Crippen LogP contribution in [0.25, 0.3) is 6.08 Å². The van der Waals surface area contributed by atoms with Crippen LogP contribution < -0.4 is 0 Å². The standard InChI is InChI=1S/C13H14BrF/c1-2-3-9-4-6-11-10(8-9)5-7-12(14)13(11)15/h5,7-8H,2-4,6H2,1H3. The Balaban J connectivity index is 2.40. The molecule has 0 N–H and O–H groups in total. The Morgan fingerprint density at radius 3 is 2.87 bits per heavy atom. The van der Waals surface area contributed by atoms with Crippen molar-refractivity contribution in [2.45, 2.75) is 32.6 Å². The van der Waals surface area contributed by atoms with Crippen molar-refractivity contribution in [2.75, 3.05) is 0 Å². The van der Waals surface area contributed by atoms with Gasteiger partial charge in [-0.05, 0) is 52.4 Å². The van der Waals surface area contributed by atoms with Crippen molar-refractivity contribution in [1.29, 1.82) is 0 Å². The molecular weight excluding hydrogens is 255 g/mol. The third-order valence-corrected chi connectivity index (χ3v) is 3.47. The molecule has 1 aromatic rings. The second kappa shape index (κ2) is 4.48. The minimum absolute atomic E-state index is 0.0840. The van der Waals surface area contributed by atoms with Gasteiger partial charge in [0.2, 0.25) is 0 Å². The molecule has 0 saturated heterocycles. The van der Waals surface area contributed by atoms with E-state index in [2.05, 4.69) is 28.9 Å². The molecule has 0 amide bonds. The summed E-state index contributed by atoms with van der Waals surface area (Å²) < 4.78 is 14.3. The lowest BCUT2D eigenvalue weighted by Gasteiger charge is -2.17. The molecule has 0 unspecified atom stereocenters. The van der Waals surface area contributed by atoms with Crippen LogP contribution in [0.5, 0.6) is 0 Å². The van der Waals surface area contributed by atoms with Gasteiger partial charge in [0.15, 0.2) is 0 Å². The van der Waals surface area contributed by atoms with Gasteiger partial charge in [-0.1, -0.05) is 31.1 Å². The van der Waals surface area contributed by atoms with Gasteiger partial charge in [0.1, 0.15) is 5.82 Å². The number of benzene rings is 1. The summed E-state index contributed by atoms with van der Waals surface area (Å²) in [6.07, 6.45) is 6.30. The highest BCUT2D eigenvalue weighted by atomic mass is 79.9. The van der Waals surface area contributed by atoms with Gasteiger partial charge in [-0.2, -0.15) is 0 Å². The predicted octanol–water partition coefficient (Wildman–Crippen LogP) is 4.72. The number of hydrogen-bond donors (Lipinski definition) is 0. The number of rotatable bonds is 2. The molecule has 0 nitrogen and oxygen atoms in total. The molecule has 0 saturated carbocycles. The number of fused-ring (bicyclic) bond motifs is 1. The highest BCUT2D eigenvalue weighted by Crippen LogP contribution is 2.31. The van der Waals surface area contributed by atoms with Gasteiger partial charge in [-0.15, -0.1) is 0 Å². The van der Waals surface area contributed by atoms with Gasteiger partial charge in [0, 0.05) is 0 Å². The van der Waals surface area contributed by atoms with Crippen molar-refractivity contribution in [3.8, 4) is 0 Å². The van der Waals surface area contributed by atoms with Gasteiger partial charge >= 0.3 is 0 Å². The van der Waals surface area contributed by atoms with Crippen molar-refractivity contribution in [1.82, 2.24) is 0 Å². The smallest absolute Gasteiger partial charge is 0.141 e. The fourth-order valence-electron chi connectivity index (χ4n) is 2.09. The van der Waals surface area contributed by atoms with Crippen LogP contribution in [-0.2, 0) is 6.42 Å². The second-order valence-electron chi connectivity index (χ2n) is 3.98. The van der Waals surface area contributed by atoms with E-state index in [-0.39, 0.29) is 5.82 Å². The van der Waals surface area contributed by atoms with Crippen molar-refractivity contribution in [3.63, 3.8) is 0 Å². The summed E-state index contributed by atoms with van der Waals surface area (Å²) in [7, 11) is 0. The van der Waals surface area contributed by atoms with Crippen LogP contribution in [0.3, 0.4) is 0 Å². The molecule has 0 atom stereocenters. The lowest BCUT2D eigenvalue weighted by atomic mass is 9.90. The SMILES string of the molecule is CCCC1=Cc2ccc(Br)c(F)c2CC1. The van der Waals surface area contributed by atoms with Crippen molar-refractivity contribution in [3.05, 3.63) is 39.1 Å². The van der Waals surface area contributed by atoms with E-state index in [1.165, 1.54) is 12.0 Å². The van der Waals surface area contributed by atoms with Crippen LogP contribution in [0.1, 0.15) is 37.3 Å². The molecular formula is C13H14BrF. The highest BCUT2D eigenvalue weighted by Gasteiger charge is 2.15. The van der Waals surface area contributed by atoms with E-state index in [0.717, 1.165) is 30.4 Å². The van der Waals surface area contributed by atoms with Crippen molar-refractivity contribution in [2.24, 2.45) is 0 Å². The lowest BCUT2D eigenvalue weighted by Crippen LogP contribution is -2.02. The van der Waals surface area contributed by atoms with Crippen LogP contribution in [0.4, 0.5) is 4.39 Å². The van der Waals surface area contributed by atoms with Crippen LogP contribution >= 0.6 is 15.9 Å². The molecule has 2 rings (SSSR count). The molecule has 1 aromatic carbocycles. The Kier molecular flexibility index (Phi) is 3.25. The largest absolute Gasteiger partial charge is 0.205 e. The van der Waals surface area contributed by atoms with Gasteiger partial charge in [0.05, 0.1) is 4.47 Å². The maximum atomic E-state index is 13.7. The zero-order chi connectivity index (χ0) is 10.8. The number of halogens is 2. The Labute approximate surface area is 98.3 Å². The summed E-state index contributed by atoms with van der Waals surface area (Å²) in [6, 6.07) is 3.79. The maximum absolute atomic E-state index is 13.7. The second-order valence-corrected chi connectivity index (χ2v) is 4.84. The van der Waals surface area contributed by atoms with Crippen LogP contribution in [-0.4, -0.2) is 0 Å². The maximum Gasteiger partial charge on any atom is 0.141 e. The average molecular weight is 269 g/mol. The molecule has 0 aliphatic heterocycles. The minimum atomic E-state index is -0.0840. The summed E-state index contributed by atoms with van der Waals surface area (Å²) in [5.74, 6) is -0.0840. The van der Waals surface area contributed by atoms with E-state index < -0.39 is 0 Å². The van der Waals surface area contributed by atoms with Crippen LogP contribution in [0.2, 0.25) is 0 Å². The summed E-state index contributed by atoms with van der Waals surface area (Å²) in [6.45, 7) is 2.18. The van der Waals surface area contributed by atoms with E-state index in [0.29, 0.717) is 4.47 Å². The highest BCUT2D eigenvalue weighted by molar-refractivity contribution is 9.10. The Morgan fingerprint density at radius 2 is 2.13 bits per heavy atom. The van der Waals surface area contributed by atoms with Crippen LogP contribution in [0.15, 0.2) is 22.2 Å². The molecule has 1 aliphatic carbocycles. The third kappa shape index (κ3) is 2.15. The molecule has 0 radical (unpaired) electrons. The first-order valence-electron chi connectivity index (χ1n) is 5.38. The van der Waals surface area contributed by atoms with Gasteiger partial charge in [-0.25, -0.2) is 4.39 Å². The summed E-state index contributed by atoms with van der Waals surface area (Å²) in [5, 5.41) is 0. The molecule has 0 bridgehead atoms. The first-order chi connectivity index (χ1) is 7.22. The van der Waals surface area contributed by atoms with Crippen molar-refractivity contribution >= 4 is 22.0 Å². The lowest BCUT2D eigenvalue weighted by molar-refractivity contribution is 0.598. The first kappa shape index (κ1) is 10.9. The monoisotopic (exact) mass is 268 g/mol. The zero-order valence-electron chi connectivity index (χ0n) is 8.82. The molecule has 0 spiro atoms. The molecule has 1 aliphatic rings. The molecule has 0 heterocycles.